The topological polar surface area (TPSA) is 115 Å². The molecule has 1 amide bonds. The highest BCUT2D eigenvalue weighted by atomic mass is 35.5. The number of aromatic nitrogens is 1. The largest absolute Gasteiger partial charge is 0.489 e. The molecule has 2 aromatic carbocycles. The lowest BCUT2D eigenvalue weighted by Crippen LogP contribution is -2.41. The van der Waals surface area contributed by atoms with Gasteiger partial charge in [-0.1, -0.05) is 41.4 Å². The van der Waals surface area contributed by atoms with Gasteiger partial charge in [-0.3, -0.25) is 9.78 Å². The van der Waals surface area contributed by atoms with Gasteiger partial charge in [-0.05, 0) is 59.7 Å². The van der Waals surface area contributed by atoms with Gasteiger partial charge >= 0.3 is 12.6 Å². The highest BCUT2D eigenvalue weighted by Crippen LogP contribution is 2.39. The van der Waals surface area contributed by atoms with Crippen LogP contribution < -0.4 is 9.47 Å². The van der Waals surface area contributed by atoms with Gasteiger partial charge in [-0.2, -0.15) is 13.1 Å². The number of hydrogen-bond acceptors (Lipinski definition) is 9. The fourth-order valence-electron chi connectivity index (χ4n) is 5.04. The number of halogens is 4. The van der Waals surface area contributed by atoms with Crippen molar-refractivity contribution in [3.8, 4) is 11.5 Å². The quantitative estimate of drug-likeness (QED) is 0.178. The predicted molar refractivity (Wildman–Crippen MR) is 178 cm³/mol. The monoisotopic (exact) mass is 743 g/mol. The van der Waals surface area contributed by atoms with Gasteiger partial charge in [-0.25, -0.2) is 13.2 Å². The number of alkyl halides is 2. The number of pyridine rings is 1. The Balaban J connectivity index is 1.41. The van der Waals surface area contributed by atoms with E-state index in [0.717, 1.165) is 28.9 Å². The lowest BCUT2D eigenvalue weighted by molar-refractivity contribution is -0.150. The summed E-state index contributed by atoms with van der Waals surface area (Å²) < 4.78 is 71.3. The highest BCUT2D eigenvalue weighted by Gasteiger charge is 2.41. The molecule has 3 aromatic rings. The first-order valence-corrected chi connectivity index (χ1v) is 18.4. The molecular weight excluding hydrogens is 711 g/mol. The zero-order chi connectivity index (χ0) is 34.6. The van der Waals surface area contributed by atoms with E-state index in [9.17, 15) is 26.8 Å². The van der Waals surface area contributed by atoms with Crippen molar-refractivity contribution in [3.63, 3.8) is 0 Å². The SMILES string of the molecule is CN(C)C(=O)c1cccc(CS(=O)(=O)N2CCS[C@H]2C(=O)OC(Cc2c(Cl)cncc2Cl)c2ccc(OC(F)F)c(OCC3CC3)c2)c1. The second kappa shape index (κ2) is 15.6. The fourth-order valence-corrected chi connectivity index (χ4v) is 8.75. The standard InChI is InChI=1S/C32H33Cl2F2N3O7S2/c1-38(2)29(40)22-5-3-4-20(12-22)18-48(42,43)39-10-11-47-30(39)31(41)45-27(14-23-24(33)15-37-16-25(23)34)21-8-9-26(46-32(35)36)28(13-21)44-17-19-6-7-19/h3-5,8-9,12-13,15-16,19,27,30,32H,6-7,10-11,14,17-18H2,1-2H3/t27?,30-/m0/s1. The summed E-state index contributed by atoms with van der Waals surface area (Å²) in [4.78, 5) is 31.6. The number of nitrogens with zero attached hydrogens (tertiary/aromatic N) is 3. The molecule has 2 fully saturated rings. The highest BCUT2D eigenvalue weighted by molar-refractivity contribution is 8.01. The van der Waals surface area contributed by atoms with E-state index < -0.39 is 39.8 Å². The molecule has 10 nitrogen and oxygen atoms in total. The zero-order valence-electron chi connectivity index (χ0n) is 26.0. The first-order chi connectivity index (χ1) is 22.8. The van der Waals surface area contributed by atoms with Crippen molar-refractivity contribution < 1.29 is 41.0 Å². The maximum Gasteiger partial charge on any atom is 0.387 e. The van der Waals surface area contributed by atoms with Crippen LogP contribution in [0, 0.1) is 5.92 Å². The number of carbonyl (C=O) groups is 2. The second-order valence-electron chi connectivity index (χ2n) is 11.5. The molecule has 0 bridgehead atoms. The minimum atomic E-state index is -4.05. The summed E-state index contributed by atoms with van der Waals surface area (Å²) in [5, 5.41) is -0.791. The summed E-state index contributed by atoms with van der Waals surface area (Å²) >= 11 is 13.9. The zero-order valence-corrected chi connectivity index (χ0v) is 29.1. The molecule has 2 aliphatic rings. The molecule has 0 N–H and O–H groups in total. The van der Waals surface area contributed by atoms with E-state index in [4.69, 9.17) is 32.7 Å². The molecule has 1 aliphatic heterocycles. The molecule has 1 unspecified atom stereocenters. The van der Waals surface area contributed by atoms with Gasteiger partial charge < -0.3 is 19.1 Å². The van der Waals surface area contributed by atoms with E-state index in [1.165, 1.54) is 41.6 Å². The molecule has 0 spiro atoms. The van der Waals surface area contributed by atoms with Gasteiger partial charge in [0.1, 0.15) is 6.10 Å². The van der Waals surface area contributed by atoms with Crippen molar-refractivity contribution in [2.45, 2.75) is 43.1 Å². The predicted octanol–water partition coefficient (Wildman–Crippen LogP) is 6.21. The molecule has 0 radical (unpaired) electrons. The minimum absolute atomic E-state index is 0.0418. The third-order valence-corrected chi connectivity index (χ3v) is 11.4. The van der Waals surface area contributed by atoms with Crippen LogP contribution in [-0.4, -0.2) is 79.5 Å². The summed E-state index contributed by atoms with van der Waals surface area (Å²) in [5.41, 5.74) is 1.49. The van der Waals surface area contributed by atoms with Crippen LogP contribution in [0.4, 0.5) is 8.78 Å². The van der Waals surface area contributed by atoms with Gasteiger partial charge in [0.2, 0.25) is 10.0 Å². The number of amides is 1. The number of rotatable bonds is 14. The van der Waals surface area contributed by atoms with Crippen molar-refractivity contribution in [3.05, 3.63) is 87.2 Å². The van der Waals surface area contributed by atoms with Crippen LogP contribution in [0.3, 0.4) is 0 Å². The van der Waals surface area contributed by atoms with Crippen molar-refractivity contribution >= 4 is 56.9 Å². The molecule has 1 saturated carbocycles. The van der Waals surface area contributed by atoms with Crippen LogP contribution in [0.15, 0.2) is 54.9 Å². The molecular formula is C32H33Cl2F2N3O7S2. The van der Waals surface area contributed by atoms with Crippen molar-refractivity contribution in [1.82, 2.24) is 14.2 Å². The number of ether oxygens (including phenoxy) is 3. The molecule has 16 heteroatoms. The van der Waals surface area contributed by atoms with Crippen LogP contribution in [0.5, 0.6) is 11.5 Å². The summed E-state index contributed by atoms with van der Waals surface area (Å²) in [6.45, 7) is -2.73. The summed E-state index contributed by atoms with van der Waals surface area (Å²) in [7, 11) is -0.851. The molecule has 48 heavy (non-hydrogen) atoms. The number of benzene rings is 2. The molecule has 2 heterocycles. The summed E-state index contributed by atoms with van der Waals surface area (Å²) in [6.07, 6.45) is 3.56. The third-order valence-electron chi connectivity index (χ3n) is 7.66. The second-order valence-corrected chi connectivity index (χ2v) is 15.5. The van der Waals surface area contributed by atoms with E-state index in [1.54, 1.807) is 32.3 Å². The van der Waals surface area contributed by atoms with Crippen LogP contribution in [0.2, 0.25) is 10.0 Å². The van der Waals surface area contributed by atoms with Gasteiger partial charge in [-0.15, -0.1) is 11.8 Å². The van der Waals surface area contributed by atoms with Gasteiger partial charge in [0, 0.05) is 50.8 Å². The van der Waals surface area contributed by atoms with Crippen LogP contribution in [0.1, 0.15) is 46.0 Å². The van der Waals surface area contributed by atoms with Gasteiger partial charge in [0.05, 0.1) is 22.4 Å². The first kappa shape index (κ1) is 36.1. The van der Waals surface area contributed by atoms with Crippen molar-refractivity contribution in [1.29, 1.82) is 0 Å². The Morgan fingerprint density at radius 1 is 1.08 bits per heavy atom. The lowest BCUT2D eigenvalue weighted by atomic mass is 10.0. The number of carbonyl (C=O) groups excluding carboxylic acids is 2. The third kappa shape index (κ3) is 9.08. The molecule has 1 aliphatic carbocycles. The van der Waals surface area contributed by atoms with E-state index in [0.29, 0.717) is 40.5 Å². The van der Waals surface area contributed by atoms with E-state index >= 15 is 0 Å². The van der Waals surface area contributed by atoms with E-state index in [2.05, 4.69) is 9.72 Å². The Morgan fingerprint density at radius 2 is 1.81 bits per heavy atom. The minimum Gasteiger partial charge on any atom is -0.489 e. The van der Waals surface area contributed by atoms with E-state index in [1.807, 2.05) is 0 Å². The molecule has 1 aromatic heterocycles. The van der Waals surface area contributed by atoms with Crippen LogP contribution >= 0.6 is 35.0 Å². The molecule has 5 rings (SSSR count). The Hall–Kier alpha value is -3.17. The summed E-state index contributed by atoms with van der Waals surface area (Å²) in [5.74, 6) is -1.05. The van der Waals surface area contributed by atoms with Crippen molar-refractivity contribution in [2.75, 3.05) is 33.0 Å². The number of esters is 1. The summed E-state index contributed by atoms with van der Waals surface area (Å²) in [6, 6.07) is 10.5. The Kier molecular flexibility index (Phi) is 11.7. The average Bonchev–Trinajstić information content (AvgIpc) is 3.72. The molecule has 2 atom stereocenters. The van der Waals surface area contributed by atoms with Crippen LogP contribution in [0.25, 0.3) is 0 Å². The number of hydrogen-bond donors (Lipinski definition) is 0. The lowest BCUT2D eigenvalue weighted by Gasteiger charge is -2.26. The van der Waals surface area contributed by atoms with Gasteiger partial charge in [0.25, 0.3) is 5.91 Å². The fraction of sp³-hybridized carbons (Fsp3) is 0.406. The molecule has 1 saturated heterocycles. The first-order valence-electron chi connectivity index (χ1n) is 14.9. The molecule has 258 valence electrons. The van der Waals surface area contributed by atoms with E-state index in [-0.39, 0.29) is 40.4 Å². The normalized spacial score (nSPS) is 17.3. The average molecular weight is 745 g/mol. The van der Waals surface area contributed by atoms with Gasteiger partial charge in [0.15, 0.2) is 16.9 Å². The Morgan fingerprint density at radius 3 is 2.48 bits per heavy atom. The maximum absolute atomic E-state index is 13.8. The number of thioether (sulfide) groups is 1. The smallest absolute Gasteiger partial charge is 0.387 e. The van der Waals surface area contributed by atoms with Crippen molar-refractivity contribution in [2.24, 2.45) is 5.92 Å². The Labute approximate surface area is 291 Å². The maximum atomic E-state index is 13.8. The Bertz CT molecular complexity index is 1740. The number of sulfonamides is 1. The van der Waals surface area contributed by atoms with Crippen LogP contribution in [-0.2, 0) is 31.7 Å².